The molecule has 6 heteroatoms. The molecule has 0 unspecified atom stereocenters. The highest BCUT2D eigenvalue weighted by Crippen LogP contribution is 2.32. The lowest BCUT2D eigenvalue weighted by Crippen LogP contribution is -2.12. The molecule has 0 fully saturated rings. The molecule has 0 radical (unpaired) electrons. The zero-order chi connectivity index (χ0) is 13.8. The third-order valence-electron chi connectivity index (χ3n) is 2.43. The molecule has 0 atom stereocenters. The molecule has 6 nitrogen and oxygen atoms in total. The van der Waals surface area contributed by atoms with Gasteiger partial charge >= 0.3 is 5.69 Å². The number of primary amides is 1. The lowest BCUT2D eigenvalue weighted by molar-refractivity contribution is -0.385. The molecule has 0 spiro atoms. The van der Waals surface area contributed by atoms with Crippen LogP contribution in [-0.4, -0.2) is 10.8 Å². The van der Waals surface area contributed by atoms with Gasteiger partial charge < -0.3 is 10.5 Å². The fourth-order valence-electron chi connectivity index (χ4n) is 1.57. The second kappa shape index (κ2) is 5.18. The van der Waals surface area contributed by atoms with Gasteiger partial charge in [0.2, 0.25) is 5.75 Å². The number of para-hydroxylation sites is 3. The number of nitro groups is 1. The topological polar surface area (TPSA) is 95.5 Å². The maximum Gasteiger partial charge on any atom is 0.311 e. The first-order valence-electron chi connectivity index (χ1n) is 5.39. The summed E-state index contributed by atoms with van der Waals surface area (Å²) < 4.78 is 5.42. The van der Waals surface area contributed by atoms with Gasteiger partial charge in [0.15, 0.2) is 0 Å². The molecular formula is C13H10N2O4. The molecule has 96 valence electrons. The van der Waals surface area contributed by atoms with Gasteiger partial charge in [-0.15, -0.1) is 0 Å². The second-order valence-electron chi connectivity index (χ2n) is 3.69. The summed E-state index contributed by atoms with van der Waals surface area (Å²) in [5.41, 5.74) is 5.20. The third kappa shape index (κ3) is 2.68. The van der Waals surface area contributed by atoms with Crippen LogP contribution in [0.2, 0.25) is 0 Å². The van der Waals surface area contributed by atoms with Crippen molar-refractivity contribution in [3.05, 3.63) is 64.2 Å². The molecule has 0 bridgehead atoms. The Labute approximate surface area is 108 Å². The van der Waals surface area contributed by atoms with Gasteiger partial charge in [-0.05, 0) is 18.2 Å². The van der Waals surface area contributed by atoms with E-state index >= 15 is 0 Å². The number of ether oxygens (including phenoxy) is 1. The summed E-state index contributed by atoms with van der Waals surface area (Å²) in [7, 11) is 0. The predicted octanol–water partition coefficient (Wildman–Crippen LogP) is 2.49. The van der Waals surface area contributed by atoms with Crippen molar-refractivity contribution in [3.8, 4) is 11.5 Å². The average Bonchev–Trinajstić information content (AvgIpc) is 2.39. The van der Waals surface area contributed by atoms with E-state index in [4.69, 9.17) is 10.5 Å². The van der Waals surface area contributed by atoms with Crippen LogP contribution in [0.3, 0.4) is 0 Å². The quantitative estimate of drug-likeness (QED) is 0.673. The van der Waals surface area contributed by atoms with Crippen molar-refractivity contribution in [1.29, 1.82) is 0 Å². The van der Waals surface area contributed by atoms with Crippen LogP contribution in [0, 0.1) is 10.1 Å². The molecule has 0 saturated heterocycles. The van der Waals surface area contributed by atoms with Crippen LogP contribution in [0.25, 0.3) is 0 Å². The second-order valence-corrected chi connectivity index (χ2v) is 3.69. The number of nitro benzene ring substituents is 1. The first-order valence-corrected chi connectivity index (χ1v) is 5.39. The van der Waals surface area contributed by atoms with E-state index in [9.17, 15) is 14.9 Å². The van der Waals surface area contributed by atoms with Crippen LogP contribution in [-0.2, 0) is 0 Å². The van der Waals surface area contributed by atoms with Gasteiger partial charge in [0, 0.05) is 6.07 Å². The Bertz CT molecular complexity index is 585. The van der Waals surface area contributed by atoms with E-state index in [1.807, 2.05) is 0 Å². The number of rotatable bonds is 4. The van der Waals surface area contributed by atoms with Gasteiger partial charge in [-0.2, -0.15) is 0 Å². The summed E-state index contributed by atoms with van der Waals surface area (Å²) in [6.07, 6.45) is 0. The minimum Gasteiger partial charge on any atom is -0.449 e. The number of amides is 1. The number of nitrogens with zero attached hydrogens (tertiary/aromatic N) is 1. The maximum atomic E-state index is 11.2. The minimum atomic E-state index is -0.658. The molecule has 1 amide bonds. The fraction of sp³-hybridized carbons (Fsp3) is 0. The van der Waals surface area contributed by atoms with Crippen molar-refractivity contribution < 1.29 is 14.5 Å². The number of hydrogen-bond donors (Lipinski definition) is 1. The minimum absolute atomic E-state index is 0.0567. The standard InChI is InChI=1S/C13H10N2O4/c14-13(16)9-5-1-3-7-11(9)19-12-8-4-2-6-10(12)15(17)18/h1-8H,(H2,14,16). The van der Waals surface area contributed by atoms with Gasteiger partial charge in [0.25, 0.3) is 5.91 Å². The Morgan fingerprint density at radius 3 is 2.26 bits per heavy atom. The van der Waals surface area contributed by atoms with Crippen LogP contribution < -0.4 is 10.5 Å². The van der Waals surface area contributed by atoms with E-state index in [1.165, 1.54) is 30.3 Å². The molecule has 0 aromatic heterocycles. The highest BCUT2D eigenvalue weighted by molar-refractivity contribution is 5.95. The Morgan fingerprint density at radius 1 is 1.05 bits per heavy atom. The first kappa shape index (κ1) is 12.6. The number of carbonyl (C=O) groups excluding carboxylic acids is 1. The van der Waals surface area contributed by atoms with Crippen LogP contribution in [0.5, 0.6) is 11.5 Å². The average molecular weight is 258 g/mol. The van der Waals surface area contributed by atoms with Crippen molar-refractivity contribution in [2.75, 3.05) is 0 Å². The first-order chi connectivity index (χ1) is 9.09. The van der Waals surface area contributed by atoms with E-state index in [1.54, 1.807) is 18.2 Å². The number of hydrogen-bond acceptors (Lipinski definition) is 4. The molecule has 0 saturated carbocycles. The zero-order valence-corrected chi connectivity index (χ0v) is 9.78. The van der Waals surface area contributed by atoms with Crippen molar-refractivity contribution >= 4 is 11.6 Å². The van der Waals surface area contributed by atoms with E-state index in [0.717, 1.165) is 0 Å². The van der Waals surface area contributed by atoms with Gasteiger partial charge in [-0.25, -0.2) is 0 Å². The molecule has 0 aliphatic heterocycles. The molecule has 0 aliphatic carbocycles. The number of nitrogens with two attached hydrogens (primary N) is 1. The molecule has 2 N–H and O–H groups in total. The normalized spacial score (nSPS) is 9.89. The van der Waals surface area contributed by atoms with Crippen LogP contribution in [0.1, 0.15) is 10.4 Å². The summed E-state index contributed by atoms with van der Waals surface area (Å²) in [5.74, 6) is -0.417. The van der Waals surface area contributed by atoms with Crippen LogP contribution >= 0.6 is 0 Å². The Balaban J connectivity index is 2.42. The Morgan fingerprint density at radius 2 is 1.63 bits per heavy atom. The Hall–Kier alpha value is -2.89. The van der Waals surface area contributed by atoms with E-state index in [0.29, 0.717) is 0 Å². The molecular weight excluding hydrogens is 248 g/mol. The zero-order valence-electron chi connectivity index (χ0n) is 9.78. The van der Waals surface area contributed by atoms with Crippen molar-refractivity contribution in [1.82, 2.24) is 0 Å². The van der Waals surface area contributed by atoms with Gasteiger partial charge in [-0.1, -0.05) is 24.3 Å². The predicted molar refractivity (Wildman–Crippen MR) is 68.1 cm³/mol. The summed E-state index contributed by atoms with van der Waals surface area (Å²) in [6, 6.07) is 12.2. The van der Waals surface area contributed by atoms with E-state index in [2.05, 4.69) is 0 Å². The van der Waals surface area contributed by atoms with Gasteiger partial charge in [0.1, 0.15) is 5.75 Å². The molecule has 2 aromatic carbocycles. The largest absolute Gasteiger partial charge is 0.449 e. The monoisotopic (exact) mass is 258 g/mol. The summed E-state index contributed by atoms with van der Waals surface area (Å²) in [4.78, 5) is 21.6. The van der Waals surface area contributed by atoms with Gasteiger partial charge in [-0.3, -0.25) is 14.9 Å². The summed E-state index contributed by atoms with van der Waals surface area (Å²) >= 11 is 0. The van der Waals surface area contributed by atoms with Crippen LogP contribution in [0.15, 0.2) is 48.5 Å². The highest BCUT2D eigenvalue weighted by atomic mass is 16.6. The lowest BCUT2D eigenvalue weighted by atomic mass is 10.2. The van der Waals surface area contributed by atoms with Crippen molar-refractivity contribution in [3.63, 3.8) is 0 Å². The SMILES string of the molecule is NC(=O)c1ccccc1Oc1ccccc1[N+](=O)[O-]. The highest BCUT2D eigenvalue weighted by Gasteiger charge is 2.16. The summed E-state index contributed by atoms with van der Waals surface area (Å²) in [6.45, 7) is 0. The fourth-order valence-corrected chi connectivity index (χ4v) is 1.57. The number of benzene rings is 2. The van der Waals surface area contributed by atoms with Crippen molar-refractivity contribution in [2.24, 2.45) is 5.73 Å². The van der Waals surface area contributed by atoms with Crippen LogP contribution in [0.4, 0.5) is 5.69 Å². The smallest absolute Gasteiger partial charge is 0.311 e. The molecule has 0 aliphatic rings. The molecule has 2 aromatic rings. The summed E-state index contributed by atoms with van der Waals surface area (Å²) in [5, 5.41) is 10.9. The van der Waals surface area contributed by atoms with Gasteiger partial charge in [0.05, 0.1) is 10.5 Å². The van der Waals surface area contributed by atoms with Crippen molar-refractivity contribution in [2.45, 2.75) is 0 Å². The molecule has 19 heavy (non-hydrogen) atoms. The van der Waals surface area contributed by atoms with E-state index < -0.39 is 10.8 Å². The van der Waals surface area contributed by atoms with E-state index in [-0.39, 0.29) is 22.7 Å². The maximum absolute atomic E-state index is 11.2. The molecule has 0 heterocycles. The third-order valence-corrected chi connectivity index (χ3v) is 2.43. The number of carbonyl (C=O) groups is 1. The lowest BCUT2D eigenvalue weighted by Gasteiger charge is -2.08. The Kier molecular flexibility index (Phi) is 3.42. The molecule has 2 rings (SSSR count).